The van der Waals surface area contributed by atoms with E-state index in [1.807, 2.05) is 24.9 Å². The largest absolute Gasteiger partial charge is 0.478 e. The van der Waals surface area contributed by atoms with Crippen LogP contribution in [-0.2, 0) is 22.4 Å². The third kappa shape index (κ3) is 4.43. The van der Waals surface area contributed by atoms with Crippen molar-refractivity contribution in [3.63, 3.8) is 0 Å². The number of ether oxygens (including phenoxy) is 1. The van der Waals surface area contributed by atoms with Gasteiger partial charge in [0.25, 0.3) is 5.91 Å². The Bertz CT molecular complexity index is 717. The summed E-state index contributed by atoms with van der Waals surface area (Å²) in [6.45, 7) is 6.75. The molecule has 1 aromatic rings. The highest BCUT2D eigenvalue weighted by Crippen LogP contribution is 2.28. The molecule has 1 aliphatic heterocycles. The molecular weight excluding hydrogens is 342 g/mol. The number of nitrogens with zero attached hydrogens (tertiary/aromatic N) is 1. The summed E-state index contributed by atoms with van der Waals surface area (Å²) in [5.74, 6) is 0.600. The molecule has 0 bridgehead atoms. The van der Waals surface area contributed by atoms with Crippen molar-refractivity contribution in [1.82, 2.24) is 15.5 Å². The van der Waals surface area contributed by atoms with E-state index in [1.165, 1.54) is 17.5 Å². The fraction of sp³-hybridized carbons (Fsp3) is 0.619. The summed E-state index contributed by atoms with van der Waals surface area (Å²) in [5, 5.41) is 5.92. The molecule has 1 aliphatic carbocycles. The Labute approximate surface area is 161 Å². The minimum atomic E-state index is -0.977. The van der Waals surface area contributed by atoms with Crippen LogP contribution in [0.3, 0.4) is 0 Å². The number of likely N-dealkylation sites (N-methyl/N-ethyl adjacent to an activating group) is 2. The van der Waals surface area contributed by atoms with E-state index in [0.29, 0.717) is 19.5 Å². The molecule has 148 valence electrons. The minimum Gasteiger partial charge on any atom is -0.478 e. The van der Waals surface area contributed by atoms with Crippen molar-refractivity contribution in [2.45, 2.75) is 64.1 Å². The van der Waals surface area contributed by atoms with Gasteiger partial charge in [-0.25, -0.2) is 0 Å². The monoisotopic (exact) mass is 373 g/mol. The number of rotatable bonds is 6. The Hall–Kier alpha value is -2.08. The van der Waals surface area contributed by atoms with Crippen molar-refractivity contribution >= 4 is 11.8 Å². The number of amides is 2. The molecule has 6 nitrogen and oxygen atoms in total. The van der Waals surface area contributed by atoms with Crippen molar-refractivity contribution < 1.29 is 14.3 Å². The maximum absolute atomic E-state index is 12.8. The van der Waals surface area contributed by atoms with Crippen LogP contribution in [0, 0.1) is 0 Å². The second kappa shape index (κ2) is 7.89. The van der Waals surface area contributed by atoms with Gasteiger partial charge in [0.1, 0.15) is 5.75 Å². The molecule has 0 saturated carbocycles. The maximum atomic E-state index is 12.8. The number of carbonyl (C=O) groups is 2. The third-order valence-corrected chi connectivity index (χ3v) is 5.53. The van der Waals surface area contributed by atoms with Gasteiger partial charge < -0.3 is 15.4 Å². The van der Waals surface area contributed by atoms with E-state index in [0.717, 1.165) is 18.6 Å². The zero-order chi connectivity index (χ0) is 19.6. The molecule has 2 atom stereocenters. The highest BCUT2D eigenvalue weighted by molar-refractivity contribution is 5.86. The number of hydrogen-bond donors (Lipinski definition) is 2. The third-order valence-electron chi connectivity index (χ3n) is 5.53. The quantitative estimate of drug-likeness (QED) is 0.796. The molecule has 1 heterocycles. The molecule has 1 saturated heterocycles. The molecule has 6 heteroatoms. The first-order chi connectivity index (χ1) is 12.8. The van der Waals surface area contributed by atoms with E-state index in [1.54, 1.807) is 13.8 Å². The number of benzene rings is 1. The summed E-state index contributed by atoms with van der Waals surface area (Å²) in [6.07, 6.45) is 4.00. The van der Waals surface area contributed by atoms with Crippen LogP contribution in [0.15, 0.2) is 18.2 Å². The average molecular weight is 373 g/mol. The van der Waals surface area contributed by atoms with Gasteiger partial charge in [-0.3, -0.25) is 14.5 Å². The topological polar surface area (TPSA) is 70.7 Å². The van der Waals surface area contributed by atoms with Gasteiger partial charge in [0.15, 0.2) is 5.60 Å². The zero-order valence-corrected chi connectivity index (χ0v) is 16.8. The first kappa shape index (κ1) is 19.7. The van der Waals surface area contributed by atoms with E-state index in [9.17, 15) is 9.59 Å². The lowest BCUT2D eigenvalue weighted by Crippen LogP contribution is -2.50. The average Bonchev–Trinajstić information content (AvgIpc) is 3.20. The standard InChI is InChI=1S/C21H31N3O3/c1-5-22-19(25)18-12-16(13-24(18)4)23-20(26)21(2,3)27-17-10-9-14-7-6-8-15(14)11-17/h9-11,16,18H,5-8,12-13H2,1-4H3,(H,22,25)(H,23,26)/t16-,18-/m0/s1. The van der Waals surface area contributed by atoms with Gasteiger partial charge in [-0.15, -0.1) is 0 Å². The predicted octanol–water partition coefficient (Wildman–Crippen LogP) is 1.66. The lowest BCUT2D eigenvalue weighted by atomic mass is 10.1. The maximum Gasteiger partial charge on any atom is 0.263 e. The van der Waals surface area contributed by atoms with Crippen molar-refractivity contribution in [2.24, 2.45) is 0 Å². The fourth-order valence-corrected chi connectivity index (χ4v) is 4.01. The van der Waals surface area contributed by atoms with Crippen LogP contribution in [-0.4, -0.2) is 54.5 Å². The number of nitrogens with one attached hydrogen (secondary N) is 2. The van der Waals surface area contributed by atoms with E-state index in [-0.39, 0.29) is 23.9 Å². The molecule has 2 aliphatic rings. The molecule has 1 fully saturated rings. The molecule has 0 spiro atoms. The molecule has 1 aromatic carbocycles. The molecule has 0 unspecified atom stereocenters. The van der Waals surface area contributed by atoms with Crippen molar-refractivity contribution in [1.29, 1.82) is 0 Å². The second-order valence-corrected chi connectivity index (χ2v) is 8.15. The number of fused-ring (bicyclic) bond motifs is 1. The molecule has 2 N–H and O–H groups in total. The number of aryl methyl sites for hydroxylation is 2. The van der Waals surface area contributed by atoms with Crippen molar-refractivity contribution in [2.75, 3.05) is 20.1 Å². The van der Waals surface area contributed by atoms with Crippen molar-refractivity contribution in [3.8, 4) is 5.75 Å². The van der Waals surface area contributed by atoms with Crippen LogP contribution >= 0.6 is 0 Å². The molecule has 0 radical (unpaired) electrons. The van der Waals surface area contributed by atoms with Crippen LogP contribution in [0.2, 0.25) is 0 Å². The Morgan fingerprint density at radius 1 is 1.26 bits per heavy atom. The van der Waals surface area contributed by atoms with Gasteiger partial charge in [-0.1, -0.05) is 6.07 Å². The first-order valence-corrected chi connectivity index (χ1v) is 9.90. The van der Waals surface area contributed by atoms with Crippen LogP contribution in [0.5, 0.6) is 5.75 Å². The lowest BCUT2D eigenvalue weighted by Gasteiger charge is -2.27. The Kier molecular flexibility index (Phi) is 5.75. The SMILES string of the molecule is CCNC(=O)[C@@H]1C[C@H](NC(=O)C(C)(C)Oc2ccc3c(c2)CCC3)CN1C. The smallest absolute Gasteiger partial charge is 0.263 e. The van der Waals surface area contributed by atoms with Crippen molar-refractivity contribution in [3.05, 3.63) is 29.3 Å². The Balaban J connectivity index is 1.59. The van der Waals surface area contributed by atoms with E-state index in [4.69, 9.17) is 4.74 Å². The summed E-state index contributed by atoms with van der Waals surface area (Å²) >= 11 is 0. The molecule has 3 rings (SSSR count). The minimum absolute atomic E-state index is 0.0189. The number of likely N-dealkylation sites (tertiary alicyclic amines) is 1. The summed E-state index contributed by atoms with van der Waals surface area (Å²) in [6, 6.07) is 5.86. The Morgan fingerprint density at radius 2 is 2.00 bits per heavy atom. The second-order valence-electron chi connectivity index (χ2n) is 8.15. The summed E-state index contributed by atoms with van der Waals surface area (Å²) in [7, 11) is 1.91. The molecular formula is C21H31N3O3. The molecule has 2 amide bonds. The summed E-state index contributed by atoms with van der Waals surface area (Å²) < 4.78 is 6.03. The van der Waals surface area contributed by atoms with E-state index in [2.05, 4.69) is 22.8 Å². The summed E-state index contributed by atoms with van der Waals surface area (Å²) in [5.41, 5.74) is 1.73. The Morgan fingerprint density at radius 3 is 2.74 bits per heavy atom. The lowest BCUT2D eigenvalue weighted by molar-refractivity contribution is -0.135. The van der Waals surface area contributed by atoms with Gasteiger partial charge >= 0.3 is 0 Å². The van der Waals surface area contributed by atoms with E-state index < -0.39 is 5.60 Å². The molecule has 27 heavy (non-hydrogen) atoms. The van der Waals surface area contributed by atoms with Gasteiger partial charge in [-0.2, -0.15) is 0 Å². The highest BCUT2D eigenvalue weighted by Gasteiger charge is 2.38. The normalized spacial score (nSPS) is 22.4. The van der Waals surface area contributed by atoms with Crippen LogP contribution < -0.4 is 15.4 Å². The summed E-state index contributed by atoms with van der Waals surface area (Å²) in [4.78, 5) is 26.9. The van der Waals surface area contributed by atoms with Gasteiger partial charge in [0.2, 0.25) is 5.91 Å². The van der Waals surface area contributed by atoms with E-state index >= 15 is 0 Å². The first-order valence-electron chi connectivity index (χ1n) is 9.90. The van der Waals surface area contributed by atoms with Crippen LogP contribution in [0.1, 0.15) is 44.7 Å². The number of carbonyl (C=O) groups excluding carboxylic acids is 2. The fourth-order valence-electron chi connectivity index (χ4n) is 4.01. The molecule has 0 aromatic heterocycles. The van der Waals surface area contributed by atoms with Crippen LogP contribution in [0.25, 0.3) is 0 Å². The van der Waals surface area contributed by atoms with Gasteiger partial charge in [0, 0.05) is 19.1 Å². The van der Waals surface area contributed by atoms with Gasteiger partial charge in [-0.05, 0) is 76.8 Å². The predicted molar refractivity (Wildman–Crippen MR) is 105 cm³/mol. The van der Waals surface area contributed by atoms with Crippen LogP contribution in [0.4, 0.5) is 0 Å². The highest BCUT2D eigenvalue weighted by atomic mass is 16.5. The number of hydrogen-bond acceptors (Lipinski definition) is 4. The van der Waals surface area contributed by atoms with Gasteiger partial charge in [0.05, 0.1) is 6.04 Å². The zero-order valence-electron chi connectivity index (χ0n) is 16.8.